The summed E-state index contributed by atoms with van der Waals surface area (Å²) >= 11 is 0. The molecule has 0 aromatic heterocycles. The first-order valence-corrected chi connectivity index (χ1v) is 9.13. The van der Waals surface area contributed by atoms with Crippen molar-refractivity contribution in [2.75, 3.05) is 52.0 Å². The smallest absolute Gasteiger partial charge is 0.258 e. The fourth-order valence-electron chi connectivity index (χ4n) is 3.18. The van der Waals surface area contributed by atoms with Crippen molar-refractivity contribution in [3.05, 3.63) is 53.6 Å². The molecule has 6 heteroatoms. The van der Waals surface area contributed by atoms with Crippen LogP contribution >= 0.6 is 0 Å². The number of anilines is 1. The van der Waals surface area contributed by atoms with Gasteiger partial charge in [-0.25, -0.2) is 0 Å². The monoisotopic (exact) mass is 370 g/mol. The molecule has 1 N–H and O–H groups in total. The van der Waals surface area contributed by atoms with Crippen molar-refractivity contribution >= 4 is 11.6 Å². The van der Waals surface area contributed by atoms with Gasteiger partial charge in [-0.15, -0.1) is 0 Å². The van der Waals surface area contributed by atoms with Crippen molar-refractivity contribution in [3.8, 4) is 11.5 Å². The molecule has 0 saturated carbocycles. The average Bonchev–Trinajstić information content (AvgIpc) is 2.74. The van der Waals surface area contributed by atoms with Gasteiger partial charge in [-0.2, -0.15) is 0 Å². The van der Waals surface area contributed by atoms with Crippen LogP contribution in [0.2, 0.25) is 0 Å². The molecule has 1 aliphatic rings. The van der Waals surface area contributed by atoms with Crippen LogP contribution in [-0.4, -0.2) is 53.0 Å². The van der Waals surface area contributed by atoms with Gasteiger partial charge in [-0.05, 0) is 36.2 Å². The summed E-state index contributed by atoms with van der Waals surface area (Å²) in [6.45, 7) is 3.95. The molecule has 0 radical (unpaired) electrons. The molecule has 1 saturated heterocycles. The van der Waals surface area contributed by atoms with Crippen molar-refractivity contribution in [2.45, 2.75) is 6.42 Å². The molecule has 3 rings (SSSR count). The maximum atomic E-state index is 12.6. The van der Waals surface area contributed by atoms with Crippen LogP contribution in [0, 0.1) is 0 Å². The third-order valence-electron chi connectivity index (χ3n) is 4.67. The Bertz CT molecular complexity index is 733. The fourth-order valence-corrected chi connectivity index (χ4v) is 3.18. The lowest BCUT2D eigenvalue weighted by atomic mass is 10.1. The largest absolute Gasteiger partial charge is 0.496 e. The highest BCUT2D eigenvalue weighted by molar-refractivity contribution is 5.99. The summed E-state index contributed by atoms with van der Waals surface area (Å²) < 4.78 is 16.0. The van der Waals surface area contributed by atoms with E-state index in [1.807, 2.05) is 0 Å². The standard InChI is InChI=1S/C21H26N2O4/c1-25-18-4-3-5-19(26-2)20(18)21(24)22-11-10-16-6-8-17(9-7-16)23-12-14-27-15-13-23/h3-9H,10-15H2,1-2H3,(H,22,24). The van der Waals surface area contributed by atoms with Gasteiger partial charge < -0.3 is 24.4 Å². The van der Waals surface area contributed by atoms with Crippen LogP contribution in [0.1, 0.15) is 15.9 Å². The molecule has 1 fully saturated rings. The van der Waals surface area contributed by atoms with Gasteiger partial charge in [0.25, 0.3) is 5.91 Å². The van der Waals surface area contributed by atoms with Crippen LogP contribution in [0.3, 0.4) is 0 Å². The highest BCUT2D eigenvalue weighted by Crippen LogP contribution is 2.27. The van der Waals surface area contributed by atoms with E-state index in [4.69, 9.17) is 14.2 Å². The molecule has 2 aromatic rings. The minimum atomic E-state index is -0.200. The topological polar surface area (TPSA) is 60.0 Å². The molecule has 0 aliphatic carbocycles. The zero-order valence-corrected chi connectivity index (χ0v) is 15.9. The second-order valence-corrected chi connectivity index (χ2v) is 6.31. The number of nitrogens with zero attached hydrogens (tertiary/aromatic N) is 1. The Hall–Kier alpha value is -2.73. The molecule has 1 amide bonds. The molecule has 0 spiro atoms. The normalized spacial score (nSPS) is 13.9. The molecule has 0 bridgehead atoms. The number of hydrogen-bond donors (Lipinski definition) is 1. The average molecular weight is 370 g/mol. The van der Waals surface area contributed by atoms with E-state index in [2.05, 4.69) is 34.5 Å². The van der Waals surface area contributed by atoms with Crippen molar-refractivity contribution in [1.82, 2.24) is 5.32 Å². The van der Waals surface area contributed by atoms with E-state index < -0.39 is 0 Å². The molecule has 2 aromatic carbocycles. The predicted octanol–water partition coefficient (Wildman–Crippen LogP) is 2.51. The number of benzene rings is 2. The van der Waals surface area contributed by atoms with E-state index >= 15 is 0 Å². The summed E-state index contributed by atoms with van der Waals surface area (Å²) in [5.41, 5.74) is 2.81. The van der Waals surface area contributed by atoms with E-state index in [-0.39, 0.29) is 5.91 Å². The first kappa shape index (κ1) is 19.0. The van der Waals surface area contributed by atoms with Crippen LogP contribution < -0.4 is 19.7 Å². The molecule has 6 nitrogen and oxygen atoms in total. The number of carbonyl (C=O) groups is 1. The number of ether oxygens (including phenoxy) is 3. The Labute approximate surface area is 160 Å². The number of morpholine rings is 1. The van der Waals surface area contributed by atoms with E-state index in [0.29, 0.717) is 23.6 Å². The summed E-state index contributed by atoms with van der Waals surface area (Å²) in [5, 5.41) is 2.95. The molecule has 27 heavy (non-hydrogen) atoms. The molecular weight excluding hydrogens is 344 g/mol. The minimum Gasteiger partial charge on any atom is -0.496 e. The van der Waals surface area contributed by atoms with Gasteiger partial charge in [-0.3, -0.25) is 4.79 Å². The molecule has 144 valence electrons. The van der Waals surface area contributed by atoms with Crippen LogP contribution in [0.15, 0.2) is 42.5 Å². The zero-order chi connectivity index (χ0) is 19.1. The first-order valence-electron chi connectivity index (χ1n) is 9.13. The van der Waals surface area contributed by atoms with Gasteiger partial charge in [0.2, 0.25) is 0 Å². The number of nitrogens with one attached hydrogen (secondary N) is 1. The Balaban J connectivity index is 1.56. The number of rotatable bonds is 7. The number of amides is 1. The molecule has 1 aliphatic heterocycles. The number of methoxy groups -OCH3 is 2. The van der Waals surface area contributed by atoms with Crippen molar-refractivity contribution in [2.24, 2.45) is 0 Å². The quantitative estimate of drug-likeness (QED) is 0.812. The highest BCUT2D eigenvalue weighted by Gasteiger charge is 2.17. The third kappa shape index (κ3) is 4.71. The molecule has 1 heterocycles. The lowest BCUT2D eigenvalue weighted by molar-refractivity contribution is 0.0948. The molecule has 0 unspecified atom stereocenters. The van der Waals surface area contributed by atoms with E-state index in [9.17, 15) is 4.79 Å². The van der Waals surface area contributed by atoms with Crippen LogP contribution in [0.4, 0.5) is 5.69 Å². The fraction of sp³-hybridized carbons (Fsp3) is 0.381. The summed E-state index contributed by atoms with van der Waals surface area (Å²) in [6, 6.07) is 13.8. The summed E-state index contributed by atoms with van der Waals surface area (Å²) in [7, 11) is 3.09. The van der Waals surface area contributed by atoms with E-state index in [1.54, 1.807) is 32.4 Å². The SMILES string of the molecule is COc1cccc(OC)c1C(=O)NCCc1ccc(N2CCOCC2)cc1. The molecular formula is C21H26N2O4. The second kappa shape index (κ2) is 9.28. The summed E-state index contributed by atoms with van der Waals surface area (Å²) in [6.07, 6.45) is 0.757. The summed E-state index contributed by atoms with van der Waals surface area (Å²) in [4.78, 5) is 14.9. The number of hydrogen-bond acceptors (Lipinski definition) is 5. The Morgan fingerprint density at radius 3 is 2.26 bits per heavy atom. The predicted molar refractivity (Wildman–Crippen MR) is 105 cm³/mol. The Morgan fingerprint density at radius 1 is 1.04 bits per heavy atom. The van der Waals surface area contributed by atoms with Gasteiger partial charge in [0.15, 0.2) is 0 Å². The zero-order valence-electron chi connectivity index (χ0n) is 15.9. The lowest BCUT2D eigenvalue weighted by Crippen LogP contribution is -2.36. The Kier molecular flexibility index (Phi) is 6.54. The maximum Gasteiger partial charge on any atom is 0.258 e. The second-order valence-electron chi connectivity index (χ2n) is 6.31. The van der Waals surface area contributed by atoms with Gasteiger partial charge >= 0.3 is 0 Å². The van der Waals surface area contributed by atoms with Gasteiger partial charge in [-0.1, -0.05) is 18.2 Å². The van der Waals surface area contributed by atoms with Crippen molar-refractivity contribution in [1.29, 1.82) is 0 Å². The van der Waals surface area contributed by atoms with Crippen molar-refractivity contribution in [3.63, 3.8) is 0 Å². The first-order chi connectivity index (χ1) is 13.2. The molecule has 0 atom stereocenters. The Morgan fingerprint density at radius 2 is 1.67 bits per heavy atom. The highest BCUT2D eigenvalue weighted by atomic mass is 16.5. The van der Waals surface area contributed by atoms with Crippen LogP contribution in [0.25, 0.3) is 0 Å². The van der Waals surface area contributed by atoms with Crippen molar-refractivity contribution < 1.29 is 19.0 Å². The van der Waals surface area contributed by atoms with Crippen LogP contribution in [0.5, 0.6) is 11.5 Å². The van der Waals surface area contributed by atoms with Gasteiger partial charge in [0.05, 0.1) is 27.4 Å². The maximum absolute atomic E-state index is 12.6. The summed E-state index contributed by atoms with van der Waals surface area (Å²) in [5.74, 6) is 0.803. The van der Waals surface area contributed by atoms with Gasteiger partial charge in [0.1, 0.15) is 17.1 Å². The van der Waals surface area contributed by atoms with Gasteiger partial charge in [0, 0.05) is 25.3 Å². The minimum absolute atomic E-state index is 0.200. The van der Waals surface area contributed by atoms with E-state index in [0.717, 1.165) is 32.7 Å². The van der Waals surface area contributed by atoms with Crippen LogP contribution in [-0.2, 0) is 11.2 Å². The van der Waals surface area contributed by atoms with E-state index in [1.165, 1.54) is 11.3 Å². The lowest BCUT2D eigenvalue weighted by Gasteiger charge is -2.28. The number of carbonyl (C=O) groups excluding carboxylic acids is 1. The third-order valence-corrected chi connectivity index (χ3v) is 4.67.